The van der Waals surface area contributed by atoms with Crippen molar-refractivity contribution < 1.29 is 9.53 Å². The summed E-state index contributed by atoms with van der Waals surface area (Å²) in [5, 5.41) is 1.00. The van der Waals surface area contributed by atoms with Crippen LogP contribution < -0.4 is 4.90 Å². The van der Waals surface area contributed by atoms with Gasteiger partial charge in [0.05, 0.1) is 12.5 Å². The molecule has 3 rings (SSSR count). The second-order valence-electron chi connectivity index (χ2n) is 7.04. The topological polar surface area (TPSA) is 58.6 Å². The van der Waals surface area contributed by atoms with Gasteiger partial charge in [0, 0.05) is 19.6 Å². The molecule has 7 heteroatoms. The molecule has 136 valence electrons. The molecule has 6 nitrogen and oxygen atoms in total. The molecule has 0 aromatic carbocycles. The van der Waals surface area contributed by atoms with Crippen LogP contribution >= 0.6 is 11.3 Å². The fraction of sp³-hybridized carbons (Fsp3) is 0.611. The Bertz CT molecular complexity index is 787. The molecule has 1 atom stereocenters. The number of esters is 1. The summed E-state index contributed by atoms with van der Waals surface area (Å²) >= 11 is 1.40. The van der Waals surface area contributed by atoms with E-state index in [-0.39, 0.29) is 5.97 Å². The number of hydrogen-bond donors (Lipinski definition) is 0. The fourth-order valence-corrected chi connectivity index (χ4v) is 4.80. The van der Waals surface area contributed by atoms with Gasteiger partial charge in [-0.3, -0.25) is 0 Å². The number of hydrogen-bond acceptors (Lipinski definition) is 7. The van der Waals surface area contributed by atoms with Crippen LogP contribution in [0.4, 0.5) is 5.82 Å². The molecule has 0 N–H and O–H groups in total. The molecule has 2 aromatic rings. The van der Waals surface area contributed by atoms with Gasteiger partial charge in [-0.2, -0.15) is 0 Å². The zero-order valence-corrected chi connectivity index (χ0v) is 16.4. The number of ether oxygens (including phenoxy) is 1. The second kappa shape index (κ2) is 7.25. The van der Waals surface area contributed by atoms with E-state index in [2.05, 4.69) is 28.9 Å². The average molecular weight is 362 g/mol. The molecule has 1 saturated heterocycles. The Morgan fingerprint density at radius 3 is 2.80 bits per heavy atom. The first-order chi connectivity index (χ1) is 11.9. The Hall–Kier alpha value is -1.73. The van der Waals surface area contributed by atoms with E-state index in [0.717, 1.165) is 53.5 Å². The van der Waals surface area contributed by atoms with Gasteiger partial charge in [-0.05, 0) is 52.3 Å². The maximum Gasteiger partial charge on any atom is 0.348 e. The van der Waals surface area contributed by atoms with E-state index in [9.17, 15) is 4.79 Å². The van der Waals surface area contributed by atoms with E-state index in [1.807, 2.05) is 13.8 Å². The molecule has 0 saturated carbocycles. The van der Waals surface area contributed by atoms with Crippen LogP contribution in [0.15, 0.2) is 0 Å². The summed E-state index contributed by atoms with van der Waals surface area (Å²) < 4.78 is 4.93. The first-order valence-electron chi connectivity index (χ1n) is 8.66. The van der Waals surface area contributed by atoms with Gasteiger partial charge >= 0.3 is 5.97 Å². The van der Waals surface area contributed by atoms with Gasteiger partial charge < -0.3 is 14.5 Å². The lowest BCUT2D eigenvalue weighted by molar-refractivity contribution is 0.0605. The maximum atomic E-state index is 12.1. The highest BCUT2D eigenvalue weighted by Crippen LogP contribution is 2.37. The summed E-state index contributed by atoms with van der Waals surface area (Å²) in [6.07, 6.45) is 2.41. The highest BCUT2D eigenvalue weighted by Gasteiger charge is 2.26. The summed E-state index contributed by atoms with van der Waals surface area (Å²) in [5.74, 6) is 2.05. The first kappa shape index (κ1) is 18.1. The molecule has 0 bridgehead atoms. The number of nitrogens with zero attached hydrogens (tertiary/aromatic N) is 4. The van der Waals surface area contributed by atoms with E-state index in [1.54, 1.807) is 0 Å². The first-order valence-corrected chi connectivity index (χ1v) is 9.48. The van der Waals surface area contributed by atoms with E-state index in [4.69, 9.17) is 9.72 Å². The quantitative estimate of drug-likeness (QED) is 0.780. The van der Waals surface area contributed by atoms with Crippen LogP contribution in [0, 0.1) is 19.8 Å². The highest BCUT2D eigenvalue weighted by molar-refractivity contribution is 7.20. The monoisotopic (exact) mass is 362 g/mol. The Balaban J connectivity index is 2.03. The van der Waals surface area contributed by atoms with Crippen LogP contribution in [-0.2, 0) is 4.74 Å². The molecule has 0 spiro atoms. The van der Waals surface area contributed by atoms with Crippen molar-refractivity contribution in [2.75, 3.05) is 45.7 Å². The second-order valence-corrected chi connectivity index (χ2v) is 8.04. The van der Waals surface area contributed by atoms with Crippen LogP contribution in [0.2, 0.25) is 0 Å². The number of aryl methyl sites for hydroxylation is 2. The van der Waals surface area contributed by atoms with Crippen molar-refractivity contribution in [3.8, 4) is 0 Å². The number of carbonyl (C=O) groups is 1. The third-order valence-corrected chi connectivity index (χ3v) is 5.86. The van der Waals surface area contributed by atoms with Gasteiger partial charge in [0.25, 0.3) is 0 Å². The lowest BCUT2D eigenvalue weighted by atomic mass is 9.97. The third kappa shape index (κ3) is 3.62. The normalized spacial score (nSPS) is 18.2. The molecule has 1 aliphatic heterocycles. The van der Waals surface area contributed by atoms with Gasteiger partial charge in [0.2, 0.25) is 0 Å². The van der Waals surface area contributed by atoms with E-state index >= 15 is 0 Å². The minimum Gasteiger partial charge on any atom is -0.465 e. The number of aromatic nitrogens is 2. The lowest BCUT2D eigenvalue weighted by Gasteiger charge is -2.35. The fourth-order valence-electron chi connectivity index (χ4n) is 3.66. The van der Waals surface area contributed by atoms with Crippen molar-refractivity contribution in [2.45, 2.75) is 26.7 Å². The van der Waals surface area contributed by atoms with Crippen LogP contribution in [0.3, 0.4) is 0 Å². The smallest absolute Gasteiger partial charge is 0.348 e. The van der Waals surface area contributed by atoms with Gasteiger partial charge in [-0.25, -0.2) is 14.8 Å². The van der Waals surface area contributed by atoms with Crippen LogP contribution in [0.1, 0.15) is 33.9 Å². The predicted octanol–water partition coefficient (Wildman–Crippen LogP) is 2.87. The standard InChI is InChI=1S/C18H26N4O2S/c1-11-14-16(22-8-6-7-13(10-22)9-21(3)4)19-12(2)20-17(14)25-15(11)18(23)24-5/h13H,6-10H2,1-5H3. The van der Waals surface area contributed by atoms with Gasteiger partial charge in [-0.15, -0.1) is 11.3 Å². The number of fused-ring (bicyclic) bond motifs is 1. The average Bonchev–Trinajstić information content (AvgIpc) is 2.89. The summed E-state index contributed by atoms with van der Waals surface area (Å²) in [5.41, 5.74) is 0.927. The molecule has 0 radical (unpaired) electrons. The van der Waals surface area contributed by atoms with Crippen molar-refractivity contribution in [1.29, 1.82) is 0 Å². The SMILES string of the molecule is COC(=O)c1sc2nc(C)nc(N3CCCC(CN(C)C)C3)c2c1C. The van der Waals surface area contributed by atoms with Crippen LogP contribution in [0.5, 0.6) is 0 Å². The number of piperidine rings is 1. The minimum absolute atomic E-state index is 0.298. The van der Waals surface area contributed by atoms with E-state index < -0.39 is 0 Å². The van der Waals surface area contributed by atoms with Crippen molar-refractivity contribution in [2.24, 2.45) is 5.92 Å². The molecular formula is C18H26N4O2S. The van der Waals surface area contributed by atoms with Crippen molar-refractivity contribution >= 4 is 33.3 Å². The number of thiophene rings is 1. The zero-order chi connectivity index (χ0) is 18.1. The van der Waals surface area contributed by atoms with E-state index in [0.29, 0.717) is 10.8 Å². The molecule has 0 amide bonds. The molecule has 25 heavy (non-hydrogen) atoms. The summed E-state index contributed by atoms with van der Waals surface area (Å²) in [7, 11) is 5.66. The number of rotatable bonds is 4. The van der Waals surface area contributed by atoms with Crippen LogP contribution in [0.25, 0.3) is 10.2 Å². The highest BCUT2D eigenvalue weighted by atomic mass is 32.1. The maximum absolute atomic E-state index is 12.1. The number of carbonyl (C=O) groups excluding carboxylic acids is 1. The molecule has 2 aromatic heterocycles. The summed E-state index contributed by atoms with van der Waals surface area (Å²) in [6.45, 7) is 6.95. The molecule has 1 fully saturated rings. The molecular weight excluding hydrogens is 336 g/mol. The zero-order valence-electron chi connectivity index (χ0n) is 15.6. The van der Waals surface area contributed by atoms with Crippen molar-refractivity contribution in [3.63, 3.8) is 0 Å². The van der Waals surface area contributed by atoms with Crippen molar-refractivity contribution in [1.82, 2.24) is 14.9 Å². The number of methoxy groups -OCH3 is 1. The minimum atomic E-state index is -0.298. The number of anilines is 1. The molecule has 0 aliphatic carbocycles. The van der Waals surface area contributed by atoms with E-state index in [1.165, 1.54) is 24.9 Å². The molecule has 1 aliphatic rings. The Morgan fingerprint density at radius 1 is 1.36 bits per heavy atom. The molecule has 1 unspecified atom stereocenters. The summed E-state index contributed by atoms with van der Waals surface area (Å²) in [6, 6.07) is 0. The molecule has 3 heterocycles. The Kier molecular flexibility index (Phi) is 5.24. The van der Waals surface area contributed by atoms with Crippen LogP contribution in [-0.4, -0.2) is 61.7 Å². The summed E-state index contributed by atoms with van der Waals surface area (Å²) in [4.78, 5) is 27.5. The van der Waals surface area contributed by atoms with Gasteiger partial charge in [-0.1, -0.05) is 0 Å². The Labute approximate surface area is 152 Å². The Morgan fingerprint density at radius 2 is 2.12 bits per heavy atom. The third-order valence-electron chi connectivity index (χ3n) is 4.70. The van der Waals surface area contributed by atoms with Gasteiger partial charge in [0.15, 0.2) is 0 Å². The van der Waals surface area contributed by atoms with Crippen molar-refractivity contribution in [3.05, 3.63) is 16.3 Å². The van der Waals surface area contributed by atoms with Gasteiger partial charge in [0.1, 0.15) is 21.3 Å². The largest absolute Gasteiger partial charge is 0.465 e. The lowest BCUT2D eigenvalue weighted by Crippen LogP contribution is -2.40. The predicted molar refractivity (Wildman–Crippen MR) is 102 cm³/mol.